The molecule has 122 valence electrons. The molecule has 2 aromatic rings. The molecule has 1 N–H and O–H groups in total. The molecule has 0 saturated carbocycles. The molecule has 6 heteroatoms. The number of nitrogens with zero attached hydrogens (tertiary/aromatic N) is 5. The molecule has 0 radical (unpaired) electrons. The molecule has 2 aliphatic rings. The molecule has 0 fully saturated rings. The van der Waals surface area contributed by atoms with Crippen LogP contribution in [-0.4, -0.2) is 46.2 Å². The van der Waals surface area contributed by atoms with Crippen LogP contribution in [0.5, 0.6) is 0 Å². The first-order chi connectivity index (χ1) is 11.8. The Kier molecular flexibility index (Phi) is 3.89. The minimum atomic E-state index is 0.181. The van der Waals surface area contributed by atoms with Crippen LogP contribution in [0, 0.1) is 11.3 Å². The minimum Gasteiger partial charge on any atom is -0.395 e. The molecule has 4 rings (SSSR count). The summed E-state index contributed by atoms with van der Waals surface area (Å²) in [5.74, 6) is 0.721. The number of aliphatic hydroxyl groups is 1. The van der Waals surface area contributed by atoms with Gasteiger partial charge in [-0.05, 0) is 24.1 Å². The maximum Gasteiger partial charge on any atom is 0.230 e. The second-order valence-corrected chi connectivity index (χ2v) is 6.21. The van der Waals surface area contributed by atoms with Gasteiger partial charge in [-0.15, -0.1) is 0 Å². The van der Waals surface area contributed by atoms with Gasteiger partial charge in [0.25, 0.3) is 0 Å². The molecule has 24 heavy (non-hydrogen) atoms. The molecular formula is C18H19N5O. The van der Waals surface area contributed by atoms with E-state index in [0.717, 1.165) is 66.5 Å². The quantitative estimate of drug-likeness (QED) is 0.921. The summed E-state index contributed by atoms with van der Waals surface area (Å²) < 4.78 is 0. The van der Waals surface area contributed by atoms with Crippen LogP contribution in [0.4, 0.5) is 11.6 Å². The van der Waals surface area contributed by atoms with Crippen LogP contribution >= 0.6 is 0 Å². The van der Waals surface area contributed by atoms with Gasteiger partial charge in [-0.1, -0.05) is 6.07 Å². The fraction of sp³-hybridized carbons (Fsp3) is 0.389. The molecule has 2 aliphatic heterocycles. The number of fused-ring (bicyclic) bond motifs is 2. The SMILES string of the molecule is N#Cc1cccc2c1CCN2c1ncc2c(n1)CCN(CCO)C2. The van der Waals surface area contributed by atoms with Crippen LogP contribution in [0.3, 0.4) is 0 Å². The van der Waals surface area contributed by atoms with E-state index in [4.69, 9.17) is 10.1 Å². The summed E-state index contributed by atoms with van der Waals surface area (Å²) in [6, 6.07) is 8.09. The van der Waals surface area contributed by atoms with Crippen molar-refractivity contribution in [3.05, 3.63) is 46.8 Å². The van der Waals surface area contributed by atoms with Crippen molar-refractivity contribution in [3.8, 4) is 6.07 Å². The van der Waals surface area contributed by atoms with Gasteiger partial charge in [0.15, 0.2) is 0 Å². The fourth-order valence-corrected chi connectivity index (χ4v) is 3.57. The van der Waals surface area contributed by atoms with E-state index in [1.807, 2.05) is 24.4 Å². The smallest absolute Gasteiger partial charge is 0.230 e. The van der Waals surface area contributed by atoms with Gasteiger partial charge >= 0.3 is 0 Å². The number of rotatable bonds is 3. The molecule has 0 aliphatic carbocycles. The number of benzene rings is 1. The van der Waals surface area contributed by atoms with Gasteiger partial charge in [0.1, 0.15) is 0 Å². The number of hydrogen-bond donors (Lipinski definition) is 1. The van der Waals surface area contributed by atoms with Crippen LogP contribution in [0.15, 0.2) is 24.4 Å². The lowest BCUT2D eigenvalue weighted by Gasteiger charge is -2.28. The predicted molar refractivity (Wildman–Crippen MR) is 90.0 cm³/mol. The van der Waals surface area contributed by atoms with Crippen molar-refractivity contribution in [3.63, 3.8) is 0 Å². The van der Waals surface area contributed by atoms with Crippen LogP contribution < -0.4 is 4.90 Å². The lowest BCUT2D eigenvalue weighted by molar-refractivity contribution is 0.183. The van der Waals surface area contributed by atoms with E-state index in [2.05, 4.69) is 20.9 Å². The highest BCUT2D eigenvalue weighted by Crippen LogP contribution is 2.34. The normalized spacial score (nSPS) is 16.6. The first-order valence-corrected chi connectivity index (χ1v) is 8.27. The molecular weight excluding hydrogens is 302 g/mol. The van der Waals surface area contributed by atoms with Gasteiger partial charge in [-0.3, -0.25) is 4.90 Å². The van der Waals surface area contributed by atoms with Crippen LogP contribution in [0.25, 0.3) is 0 Å². The number of nitriles is 1. The van der Waals surface area contributed by atoms with E-state index in [9.17, 15) is 5.26 Å². The summed E-state index contributed by atoms with van der Waals surface area (Å²) in [6.45, 7) is 3.39. The maximum absolute atomic E-state index is 9.26. The fourth-order valence-electron chi connectivity index (χ4n) is 3.57. The van der Waals surface area contributed by atoms with Gasteiger partial charge in [-0.2, -0.15) is 5.26 Å². The Hall–Kier alpha value is -2.49. The predicted octanol–water partition coefficient (Wildman–Crippen LogP) is 1.39. The lowest BCUT2D eigenvalue weighted by atomic mass is 10.1. The van der Waals surface area contributed by atoms with Crippen molar-refractivity contribution >= 4 is 11.6 Å². The Balaban J connectivity index is 1.63. The monoisotopic (exact) mass is 321 g/mol. The minimum absolute atomic E-state index is 0.181. The van der Waals surface area contributed by atoms with Gasteiger partial charge in [0.05, 0.1) is 23.9 Å². The Bertz CT molecular complexity index is 814. The van der Waals surface area contributed by atoms with E-state index >= 15 is 0 Å². The molecule has 0 atom stereocenters. The van der Waals surface area contributed by atoms with Gasteiger partial charge < -0.3 is 10.0 Å². The van der Waals surface area contributed by atoms with Crippen LogP contribution in [-0.2, 0) is 19.4 Å². The average Bonchev–Trinajstić information content (AvgIpc) is 3.05. The van der Waals surface area contributed by atoms with Crippen molar-refractivity contribution < 1.29 is 5.11 Å². The van der Waals surface area contributed by atoms with Crippen molar-refractivity contribution in [2.75, 3.05) is 31.1 Å². The van der Waals surface area contributed by atoms with E-state index in [0.29, 0.717) is 6.54 Å². The van der Waals surface area contributed by atoms with Crippen molar-refractivity contribution in [2.45, 2.75) is 19.4 Å². The molecule has 0 unspecified atom stereocenters. The van der Waals surface area contributed by atoms with Gasteiger partial charge in [0.2, 0.25) is 5.95 Å². The maximum atomic E-state index is 9.26. The first-order valence-electron chi connectivity index (χ1n) is 8.27. The topological polar surface area (TPSA) is 76.3 Å². The zero-order valence-corrected chi connectivity index (χ0v) is 13.4. The Morgan fingerprint density at radius 3 is 3.00 bits per heavy atom. The van der Waals surface area contributed by atoms with Crippen molar-refractivity contribution in [2.24, 2.45) is 0 Å². The number of hydrogen-bond acceptors (Lipinski definition) is 6. The summed E-state index contributed by atoms with van der Waals surface area (Å²) in [4.78, 5) is 13.7. The molecule has 0 saturated heterocycles. The summed E-state index contributed by atoms with van der Waals surface area (Å²) in [5, 5.41) is 18.4. The molecule has 3 heterocycles. The third-order valence-corrected chi connectivity index (χ3v) is 4.81. The molecule has 1 aromatic carbocycles. The zero-order valence-electron chi connectivity index (χ0n) is 13.4. The summed E-state index contributed by atoms with van der Waals surface area (Å²) in [6.07, 6.45) is 3.64. The Morgan fingerprint density at radius 2 is 2.17 bits per heavy atom. The Labute approximate surface area is 141 Å². The van der Waals surface area contributed by atoms with Crippen LogP contribution in [0.1, 0.15) is 22.4 Å². The second kappa shape index (κ2) is 6.19. The lowest BCUT2D eigenvalue weighted by Crippen LogP contribution is -2.33. The molecule has 0 spiro atoms. The molecule has 1 aromatic heterocycles. The first kappa shape index (κ1) is 15.1. The summed E-state index contributed by atoms with van der Waals surface area (Å²) in [5.41, 5.74) is 5.12. The summed E-state index contributed by atoms with van der Waals surface area (Å²) in [7, 11) is 0. The zero-order chi connectivity index (χ0) is 16.5. The highest BCUT2D eigenvalue weighted by molar-refractivity contribution is 5.69. The van der Waals surface area contributed by atoms with Crippen LogP contribution in [0.2, 0.25) is 0 Å². The highest BCUT2D eigenvalue weighted by Gasteiger charge is 2.26. The third-order valence-electron chi connectivity index (χ3n) is 4.81. The Morgan fingerprint density at radius 1 is 1.25 bits per heavy atom. The standard InChI is InChI=1S/C18H19N5O/c19-10-13-2-1-3-17-15(13)4-7-23(17)18-20-11-14-12-22(8-9-24)6-5-16(14)21-18/h1-3,11,24H,4-9,12H2. The van der Waals surface area contributed by atoms with Crippen molar-refractivity contribution in [1.82, 2.24) is 14.9 Å². The van der Waals surface area contributed by atoms with E-state index in [1.165, 1.54) is 0 Å². The molecule has 0 bridgehead atoms. The second-order valence-electron chi connectivity index (χ2n) is 6.21. The third kappa shape index (κ3) is 2.52. The largest absolute Gasteiger partial charge is 0.395 e. The molecule has 6 nitrogen and oxygen atoms in total. The van der Waals surface area contributed by atoms with E-state index in [1.54, 1.807) is 0 Å². The number of β-amino-alcohol motifs (C(OH)–C–C–N with tert-alkyl or cyclic N) is 1. The summed E-state index contributed by atoms with van der Waals surface area (Å²) >= 11 is 0. The number of aliphatic hydroxyl groups excluding tert-OH is 1. The van der Waals surface area contributed by atoms with Gasteiger partial charge in [0, 0.05) is 50.0 Å². The van der Waals surface area contributed by atoms with E-state index in [-0.39, 0.29) is 6.61 Å². The molecule has 0 amide bonds. The number of aromatic nitrogens is 2. The number of anilines is 2. The van der Waals surface area contributed by atoms with E-state index < -0.39 is 0 Å². The van der Waals surface area contributed by atoms with Gasteiger partial charge in [-0.25, -0.2) is 9.97 Å². The average molecular weight is 321 g/mol. The highest BCUT2D eigenvalue weighted by atomic mass is 16.3. The van der Waals surface area contributed by atoms with Crippen molar-refractivity contribution in [1.29, 1.82) is 5.26 Å².